The molecule has 0 spiro atoms. The van der Waals surface area contributed by atoms with Gasteiger partial charge < -0.3 is 23.9 Å². The second kappa shape index (κ2) is 10.6. The van der Waals surface area contributed by atoms with Gasteiger partial charge >= 0.3 is 5.97 Å². The van der Waals surface area contributed by atoms with Gasteiger partial charge in [0.1, 0.15) is 17.8 Å². The number of ether oxygens (including phenoxy) is 3. The topological polar surface area (TPSA) is 111 Å². The van der Waals surface area contributed by atoms with Crippen molar-refractivity contribution in [2.75, 3.05) is 20.0 Å². The van der Waals surface area contributed by atoms with Crippen molar-refractivity contribution in [3.05, 3.63) is 29.5 Å². The van der Waals surface area contributed by atoms with Gasteiger partial charge in [-0.25, -0.2) is 4.79 Å². The fraction of sp³-hybridized carbons (Fsp3) is 0.542. The number of fused-ring (bicyclic) bond motifs is 1. The number of thioether (sulfide) groups is 1. The zero-order valence-electron chi connectivity index (χ0n) is 19.8. The molecule has 0 unspecified atom stereocenters. The average Bonchev–Trinajstić information content (AvgIpc) is 3.15. The number of furan rings is 1. The summed E-state index contributed by atoms with van der Waals surface area (Å²) in [6.45, 7) is 5.41. The van der Waals surface area contributed by atoms with Crippen molar-refractivity contribution < 1.29 is 28.2 Å². The Morgan fingerprint density at radius 3 is 2.52 bits per heavy atom. The zero-order chi connectivity index (χ0) is 24.2. The lowest BCUT2D eigenvalue weighted by Crippen LogP contribution is -2.39. The summed E-state index contributed by atoms with van der Waals surface area (Å²) in [6.07, 6.45) is 4.77. The molecule has 3 rings (SSSR count). The lowest BCUT2D eigenvalue weighted by Gasteiger charge is -2.29. The molecule has 1 fully saturated rings. The predicted molar refractivity (Wildman–Crippen MR) is 128 cm³/mol. The van der Waals surface area contributed by atoms with Crippen LogP contribution in [0.4, 0.5) is 0 Å². The molecule has 0 saturated heterocycles. The predicted octanol–water partition coefficient (Wildman–Crippen LogP) is 4.53. The molecular weight excluding hydrogens is 444 g/mol. The van der Waals surface area contributed by atoms with Crippen LogP contribution >= 0.6 is 11.8 Å². The highest BCUT2D eigenvalue weighted by molar-refractivity contribution is 8.13. The Kier molecular flexibility index (Phi) is 8.07. The van der Waals surface area contributed by atoms with Gasteiger partial charge in [0.05, 0.1) is 23.6 Å². The fourth-order valence-corrected chi connectivity index (χ4v) is 4.23. The van der Waals surface area contributed by atoms with Gasteiger partial charge in [-0.1, -0.05) is 0 Å². The van der Waals surface area contributed by atoms with Gasteiger partial charge in [-0.3, -0.25) is 10.2 Å². The molecule has 1 aliphatic carbocycles. The third-order valence-corrected chi connectivity index (χ3v) is 6.03. The van der Waals surface area contributed by atoms with E-state index in [2.05, 4.69) is 5.32 Å². The van der Waals surface area contributed by atoms with Crippen LogP contribution in [0.2, 0.25) is 0 Å². The fourth-order valence-electron chi connectivity index (χ4n) is 3.87. The van der Waals surface area contributed by atoms with Crippen LogP contribution in [0, 0.1) is 5.41 Å². The van der Waals surface area contributed by atoms with Gasteiger partial charge in [0.15, 0.2) is 5.75 Å². The molecule has 1 aliphatic rings. The number of carbonyl (C=O) groups excluding carboxylic acids is 2. The van der Waals surface area contributed by atoms with E-state index in [0.29, 0.717) is 21.8 Å². The number of hydrogen-bond acceptors (Lipinski definition) is 8. The molecule has 0 aliphatic heterocycles. The van der Waals surface area contributed by atoms with Crippen molar-refractivity contribution in [1.29, 1.82) is 5.41 Å². The van der Waals surface area contributed by atoms with Gasteiger partial charge in [0.2, 0.25) is 5.76 Å². The van der Waals surface area contributed by atoms with E-state index in [9.17, 15) is 9.59 Å². The smallest absolute Gasteiger partial charge is 0.332 e. The first kappa shape index (κ1) is 25.1. The number of methoxy groups -OCH3 is 1. The van der Waals surface area contributed by atoms with E-state index in [0.717, 1.165) is 31.2 Å². The highest BCUT2D eigenvalue weighted by Gasteiger charge is 2.28. The normalized spacial score (nSPS) is 18.7. The Hall–Kier alpha value is -2.52. The van der Waals surface area contributed by atoms with Gasteiger partial charge in [-0.2, -0.15) is 0 Å². The molecule has 2 N–H and O–H groups in total. The van der Waals surface area contributed by atoms with Gasteiger partial charge in [-0.15, -0.1) is 11.8 Å². The van der Waals surface area contributed by atoms with Crippen LogP contribution in [0.15, 0.2) is 22.6 Å². The monoisotopic (exact) mass is 476 g/mol. The second-order valence-electron chi connectivity index (χ2n) is 9.05. The minimum Gasteiger partial charge on any atom is -0.492 e. The molecule has 8 nitrogen and oxygen atoms in total. The molecule has 0 atom stereocenters. The van der Waals surface area contributed by atoms with Crippen LogP contribution in [0.25, 0.3) is 11.0 Å². The first-order chi connectivity index (χ1) is 15.6. The summed E-state index contributed by atoms with van der Waals surface area (Å²) >= 11 is 1.34. The number of rotatable bonds is 7. The maximum absolute atomic E-state index is 12.9. The van der Waals surface area contributed by atoms with Crippen molar-refractivity contribution in [2.24, 2.45) is 0 Å². The molecule has 0 bridgehead atoms. The van der Waals surface area contributed by atoms with Crippen LogP contribution in [0.5, 0.6) is 5.75 Å². The highest BCUT2D eigenvalue weighted by atomic mass is 32.2. The largest absolute Gasteiger partial charge is 0.492 e. The summed E-state index contributed by atoms with van der Waals surface area (Å²) in [5.74, 6) is -0.204. The summed E-state index contributed by atoms with van der Waals surface area (Å²) < 4.78 is 22.3. The molecule has 1 amide bonds. The van der Waals surface area contributed by atoms with Crippen molar-refractivity contribution in [3.63, 3.8) is 0 Å². The Bertz CT molecular complexity index is 1020. The van der Waals surface area contributed by atoms with E-state index in [1.54, 1.807) is 18.2 Å². The first-order valence-electron chi connectivity index (χ1n) is 11.0. The maximum atomic E-state index is 12.9. The first-order valence-corrected chi connectivity index (χ1v) is 12.2. The van der Waals surface area contributed by atoms with E-state index >= 15 is 0 Å². The van der Waals surface area contributed by atoms with Crippen molar-refractivity contribution >= 4 is 39.7 Å². The maximum Gasteiger partial charge on any atom is 0.332 e. The van der Waals surface area contributed by atoms with Gasteiger partial charge in [-0.05, 0) is 70.9 Å². The summed E-state index contributed by atoms with van der Waals surface area (Å²) in [5, 5.41) is 12.1. The average molecular weight is 477 g/mol. The summed E-state index contributed by atoms with van der Waals surface area (Å²) in [5.41, 5.74) is 0.748. The van der Waals surface area contributed by atoms with Crippen LogP contribution in [-0.4, -0.2) is 54.6 Å². The van der Waals surface area contributed by atoms with Crippen molar-refractivity contribution in [3.8, 4) is 5.75 Å². The van der Waals surface area contributed by atoms with Crippen LogP contribution in [-0.2, 0) is 14.3 Å². The molecule has 33 heavy (non-hydrogen) atoms. The lowest BCUT2D eigenvalue weighted by molar-refractivity contribution is -0.162. The highest BCUT2D eigenvalue weighted by Crippen LogP contribution is 2.34. The van der Waals surface area contributed by atoms with Gasteiger partial charge in [0.25, 0.3) is 5.91 Å². The number of nitrogens with one attached hydrogen (secondary N) is 2. The van der Waals surface area contributed by atoms with Gasteiger partial charge in [0, 0.05) is 11.6 Å². The Morgan fingerprint density at radius 2 is 1.91 bits per heavy atom. The van der Waals surface area contributed by atoms with E-state index in [1.165, 1.54) is 18.9 Å². The van der Waals surface area contributed by atoms with Crippen LogP contribution in [0.3, 0.4) is 0 Å². The second-order valence-corrected chi connectivity index (χ2v) is 9.87. The molecule has 1 heterocycles. The van der Waals surface area contributed by atoms with Crippen molar-refractivity contribution in [2.45, 2.75) is 64.2 Å². The molecule has 180 valence electrons. The minimum atomic E-state index is -0.529. The number of carbonyl (C=O) groups is 2. The third kappa shape index (κ3) is 6.51. The Labute approximate surface area is 198 Å². The van der Waals surface area contributed by atoms with E-state index in [4.69, 9.17) is 24.0 Å². The molecule has 1 saturated carbocycles. The van der Waals surface area contributed by atoms with Crippen molar-refractivity contribution in [1.82, 2.24) is 5.32 Å². The zero-order valence-corrected chi connectivity index (χ0v) is 20.6. The molecule has 0 radical (unpaired) electrons. The summed E-state index contributed by atoms with van der Waals surface area (Å²) in [4.78, 5) is 24.8. The molecule has 1 aromatic heterocycles. The lowest BCUT2D eigenvalue weighted by atomic mass is 9.93. The van der Waals surface area contributed by atoms with E-state index in [-0.39, 0.29) is 36.4 Å². The van der Waals surface area contributed by atoms with Crippen LogP contribution in [0.1, 0.15) is 62.6 Å². The standard InChI is InChI=1S/C24H32N2O6S/c1-24(2,3)32-19(27)13-30-16-9-7-15(8-10-16)26-23(28)21-20(29-4)17-12-14(22(25)33-5)6-11-18(17)31-21/h6,11-12,15-16,25H,7-10,13H2,1-5H3,(H,26,28). The molecule has 2 aromatic rings. The third-order valence-electron chi connectivity index (χ3n) is 5.39. The molecular formula is C24H32N2O6S. The van der Waals surface area contributed by atoms with Crippen LogP contribution < -0.4 is 10.1 Å². The Balaban J connectivity index is 1.58. The number of hydrogen-bond donors (Lipinski definition) is 2. The number of benzene rings is 1. The Morgan fingerprint density at radius 1 is 1.21 bits per heavy atom. The molecule has 1 aromatic carbocycles. The number of amides is 1. The molecule has 9 heteroatoms. The summed E-state index contributed by atoms with van der Waals surface area (Å²) in [6, 6.07) is 5.34. The SMILES string of the molecule is COc1c(C(=O)NC2CCC(OCC(=O)OC(C)(C)C)CC2)oc2ccc(C(=N)SC)cc12. The minimum absolute atomic E-state index is 0.0166. The quantitative estimate of drug-likeness (QED) is 0.343. The van der Waals surface area contributed by atoms with E-state index in [1.807, 2.05) is 27.0 Å². The number of esters is 1. The summed E-state index contributed by atoms with van der Waals surface area (Å²) in [7, 11) is 1.50. The van der Waals surface area contributed by atoms with E-state index < -0.39 is 5.60 Å².